The standard InChI is InChI=1S/C32H38N4O6/c1-23-28(31(37)41-3)30(26-13-7-14-27(22-26)36(39)40)29(24(2)33-23)32(38)42-21-9-16-35-19-17-34(18-20-35)15-8-12-25-10-5-4-6-11-25/h4-8,10-14,22,30,33H,9,15-21H2,1-3H3/b12-8+. The van der Waals surface area contributed by atoms with Crippen molar-refractivity contribution in [3.05, 3.63) is 104 Å². The van der Waals surface area contributed by atoms with Gasteiger partial charge in [-0.2, -0.15) is 0 Å². The Labute approximate surface area is 246 Å². The highest BCUT2D eigenvalue weighted by Crippen LogP contribution is 2.40. The number of hydrogen-bond donors (Lipinski definition) is 1. The summed E-state index contributed by atoms with van der Waals surface area (Å²) in [4.78, 5) is 41.9. The Bertz CT molecular complexity index is 1380. The lowest BCUT2D eigenvalue weighted by molar-refractivity contribution is -0.384. The molecule has 4 rings (SSSR count). The third kappa shape index (κ3) is 7.71. The van der Waals surface area contributed by atoms with E-state index in [1.54, 1.807) is 19.9 Å². The number of nitro benzene ring substituents is 1. The topological polar surface area (TPSA) is 114 Å². The number of carbonyl (C=O) groups is 2. The summed E-state index contributed by atoms with van der Waals surface area (Å²) in [6.07, 6.45) is 5.01. The molecule has 0 bridgehead atoms. The maximum atomic E-state index is 13.4. The maximum absolute atomic E-state index is 13.4. The zero-order valence-corrected chi connectivity index (χ0v) is 24.4. The van der Waals surface area contributed by atoms with Crippen LogP contribution in [0.4, 0.5) is 5.69 Å². The molecular weight excluding hydrogens is 536 g/mol. The molecular formula is C32H38N4O6. The number of methoxy groups -OCH3 is 1. The van der Waals surface area contributed by atoms with E-state index in [0.29, 0.717) is 23.4 Å². The van der Waals surface area contributed by atoms with Crippen LogP contribution < -0.4 is 5.32 Å². The molecule has 0 aliphatic carbocycles. The molecule has 1 unspecified atom stereocenters. The number of nitrogens with zero attached hydrogens (tertiary/aromatic N) is 3. The second-order valence-corrected chi connectivity index (χ2v) is 10.4. The number of allylic oxidation sites excluding steroid dienone is 2. The van der Waals surface area contributed by atoms with E-state index in [0.717, 1.165) is 39.3 Å². The molecule has 42 heavy (non-hydrogen) atoms. The van der Waals surface area contributed by atoms with Gasteiger partial charge in [0.15, 0.2) is 0 Å². The van der Waals surface area contributed by atoms with Crippen LogP contribution >= 0.6 is 0 Å². The molecule has 2 aliphatic rings. The average Bonchev–Trinajstić information content (AvgIpc) is 2.99. The first-order valence-electron chi connectivity index (χ1n) is 14.1. The number of nitrogens with one attached hydrogen (secondary N) is 1. The molecule has 0 spiro atoms. The lowest BCUT2D eigenvalue weighted by atomic mass is 9.80. The number of ether oxygens (including phenoxy) is 2. The van der Waals surface area contributed by atoms with Crippen molar-refractivity contribution < 1.29 is 24.0 Å². The Hall–Kier alpha value is -4.28. The van der Waals surface area contributed by atoms with Gasteiger partial charge in [0.1, 0.15) is 0 Å². The largest absolute Gasteiger partial charge is 0.466 e. The van der Waals surface area contributed by atoms with E-state index in [1.165, 1.54) is 30.9 Å². The normalized spacial score (nSPS) is 18.2. The van der Waals surface area contributed by atoms with Crippen molar-refractivity contribution >= 4 is 23.7 Å². The van der Waals surface area contributed by atoms with E-state index < -0.39 is 22.8 Å². The van der Waals surface area contributed by atoms with Crippen LogP contribution in [0.15, 0.2) is 83.2 Å². The molecule has 10 nitrogen and oxygen atoms in total. The second-order valence-electron chi connectivity index (χ2n) is 10.4. The monoisotopic (exact) mass is 574 g/mol. The van der Waals surface area contributed by atoms with E-state index >= 15 is 0 Å². The number of benzene rings is 2. The van der Waals surface area contributed by atoms with Gasteiger partial charge in [0, 0.05) is 62.8 Å². The van der Waals surface area contributed by atoms with Crippen molar-refractivity contribution in [1.82, 2.24) is 15.1 Å². The highest BCUT2D eigenvalue weighted by molar-refractivity contribution is 5.99. The van der Waals surface area contributed by atoms with Crippen molar-refractivity contribution in [2.75, 3.05) is 53.0 Å². The zero-order chi connectivity index (χ0) is 30.1. The quantitative estimate of drug-likeness (QED) is 0.182. The minimum Gasteiger partial charge on any atom is -0.466 e. The highest BCUT2D eigenvalue weighted by atomic mass is 16.6. The summed E-state index contributed by atoms with van der Waals surface area (Å²) in [5.41, 5.74) is 3.00. The van der Waals surface area contributed by atoms with Crippen molar-refractivity contribution in [2.24, 2.45) is 0 Å². The van der Waals surface area contributed by atoms with Crippen molar-refractivity contribution in [1.29, 1.82) is 0 Å². The van der Waals surface area contributed by atoms with E-state index in [-0.39, 0.29) is 23.4 Å². The number of esters is 2. The molecule has 2 heterocycles. The zero-order valence-electron chi connectivity index (χ0n) is 24.4. The van der Waals surface area contributed by atoms with E-state index in [1.807, 2.05) is 18.2 Å². The Morgan fingerprint density at radius 2 is 1.64 bits per heavy atom. The summed E-state index contributed by atoms with van der Waals surface area (Å²) in [5, 5.41) is 14.5. The van der Waals surface area contributed by atoms with Gasteiger partial charge in [-0.25, -0.2) is 9.59 Å². The van der Waals surface area contributed by atoms with E-state index in [9.17, 15) is 19.7 Å². The number of hydrogen-bond acceptors (Lipinski definition) is 9. The number of piperazine rings is 1. The first-order chi connectivity index (χ1) is 20.3. The molecule has 0 saturated carbocycles. The molecule has 0 aromatic heterocycles. The summed E-state index contributed by atoms with van der Waals surface area (Å²) in [5.74, 6) is -2.06. The van der Waals surface area contributed by atoms with Crippen LogP contribution in [-0.4, -0.2) is 79.6 Å². The number of rotatable bonds is 11. The summed E-state index contributed by atoms with van der Waals surface area (Å²) >= 11 is 0. The summed E-state index contributed by atoms with van der Waals surface area (Å²) < 4.78 is 10.7. The van der Waals surface area contributed by atoms with Gasteiger partial charge in [-0.1, -0.05) is 54.6 Å². The SMILES string of the molecule is COC(=O)C1=C(C)NC(C)=C(C(=O)OCCCN2CCN(C/C=C/c3ccccc3)CC2)C1c1cccc([N+](=O)[O-])c1. The highest BCUT2D eigenvalue weighted by Gasteiger charge is 2.38. The third-order valence-corrected chi connectivity index (χ3v) is 7.59. The van der Waals surface area contributed by atoms with Gasteiger partial charge >= 0.3 is 11.9 Å². The minimum atomic E-state index is -0.866. The van der Waals surface area contributed by atoms with Crippen LogP contribution in [0.1, 0.15) is 37.3 Å². The summed E-state index contributed by atoms with van der Waals surface area (Å²) in [7, 11) is 1.26. The van der Waals surface area contributed by atoms with Gasteiger partial charge < -0.3 is 19.7 Å². The van der Waals surface area contributed by atoms with Gasteiger partial charge in [0.25, 0.3) is 5.69 Å². The van der Waals surface area contributed by atoms with Crippen molar-refractivity contribution in [3.63, 3.8) is 0 Å². The lowest BCUT2D eigenvalue weighted by Gasteiger charge is -2.34. The maximum Gasteiger partial charge on any atom is 0.336 e. The number of carbonyl (C=O) groups excluding carboxylic acids is 2. The van der Waals surface area contributed by atoms with Gasteiger partial charge in [-0.05, 0) is 31.4 Å². The van der Waals surface area contributed by atoms with Crippen LogP contribution in [0.5, 0.6) is 0 Å². The lowest BCUT2D eigenvalue weighted by Crippen LogP contribution is -2.46. The van der Waals surface area contributed by atoms with Gasteiger partial charge in [-0.15, -0.1) is 0 Å². The molecule has 0 amide bonds. The Morgan fingerprint density at radius 3 is 2.31 bits per heavy atom. The molecule has 1 fully saturated rings. The number of nitro groups is 1. The van der Waals surface area contributed by atoms with Gasteiger partial charge in [0.05, 0.1) is 35.7 Å². The fourth-order valence-electron chi connectivity index (χ4n) is 5.42. The Balaban J connectivity index is 1.33. The predicted molar refractivity (Wildman–Crippen MR) is 160 cm³/mol. The first kappa shape index (κ1) is 30.7. The molecule has 2 aromatic carbocycles. The number of non-ortho nitro benzene ring substituents is 1. The van der Waals surface area contributed by atoms with Crippen LogP contribution in [0.3, 0.4) is 0 Å². The van der Waals surface area contributed by atoms with Crippen LogP contribution in [0.2, 0.25) is 0 Å². The molecule has 2 aliphatic heterocycles. The van der Waals surface area contributed by atoms with Crippen LogP contribution in [0.25, 0.3) is 6.08 Å². The van der Waals surface area contributed by atoms with Crippen LogP contribution in [0, 0.1) is 10.1 Å². The fourth-order valence-corrected chi connectivity index (χ4v) is 5.42. The minimum absolute atomic E-state index is 0.134. The molecule has 0 radical (unpaired) electrons. The predicted octanol–water partition coefficient (Wildman–Crippen LogP) is 4.27. The molecule has 1 saturated heterocycles. The molecule has 1 atom stereocenters. The van der Waals surface area contributed by atoms with E-state index in [2.05, 4.69) is 39.4 Å². The van der Waals surface area contributed by atoms with Crippen molar-refractivity contribution in [3.8, 4) is 0 Å². The summed E-state index contributed by atoms with van der Waals surface area (Å²) in [6.45, 7) is 9.22. The molecule has 2 aromatic rings. The van der Waals surface area contributed by atoms with E-state index in [4.69, 9.17) is 9.47 Å². The first-order valence-corrected chi connectivity index (χ1v) is 14.1. The van der Waals surface area contributed by atoms with Gasteiger partial charge in [0.2, 0.25) is 0 Å². The van der Waals surface area contributed by atoms with Crippen molar-refractivity contribution in [2.45, 2.75) is 26.2 Å². The van der Waals surface area contributed by atoms with Gasteiger partial charge in [-0.3, -0.25) is 15.0 Å². The molecule has 222 valence electrons. The summed E-state index contributed by atoms with van der Waals surface area (Å²) in [6, 6.07) is 16.2. The Morgan fingerprint density at radius 1 is 0.976 bits per heavy atom. The fraction of sp³-hybridized carbons (Fsp3) is 0.375. The van der Waals surface area contributed by atoms with Crippen LogP contribution in [-0.2, 0) is 19.1 Å². The smallest absolute Gasteiger partial charge is 0.336 e. The second kappa shape index (κ2) is 14.6. The Kier molecular flexibility index (Phi) is 10.6. The third-order valence-electron chi connectivity index (χ3n) is 7.59. The molecule has 1 N–H and O–H groups in total. The average molecular weight is 575 g/mol. The molecule has 10 heteroatoms. The number of dihydropyridines is 1.